The molecule has 5 rings (SSSR count). The van der Waals surface area contributed by atoms with Gasteiger partial charge in [0.05, 0.1) is 24.5 Å². The molecule has 1 aromatic heterocycles. The molecule has 8 nitrogen and oxygen atoms in total. The van der Waals surface area contributed by atoms with Crippen LogP contribution in [0.4, 0.5) is 0 Å². The SMILES string of the molecule is COCCNC(=O)c1ccc(C(O)(C2=CNCN2C)c2ccc3c(c2)c(-c2cccc(Cl)c2)cc(=O)n3C)cc1. The number of amides is 1. The molecule has 206 valence electrons. The Bertz CT molecular complexity index is 1660. The molecule has 3 aromatic carbocycles. The Labute approximate surface area is 237 Å². The zero-order chi connectivity index (χ0) is 28.4. The maximum Gasteiger partial charge on any atom is 0.251 e. The number of carbonyl (C=O) groups excluding carboxylic acids is 1. The third-order valence-electron chi connectivity index (χ3n) is 7.31. The number of hydrogen-bond donors (Lipinski definition) is 3. The van der Waals surface area contributed by atoms with Gasteiger partial charge in [0.1, 0.15) is 0 Å². The fourth-order valence-corrected chi connectivity index (χ4v) is 5.32. The summed E-state index contributed by atoms with van der Waals surface area (Å²) in [5, 5.41) is 19.9. The topological polar surface area (TPSA) is 95.8 Å². The minimum absolute atomic E-state index is 0.146. The van der Waals surface area contributed by atoms with Crippen LogP contribution in [0.5, 0.6) is 0 Å². The number of ether oxygens (including phenoxy) is 1. The number of hydrogen-bond acceptors (Lipinski definition) is 6. The van der Waals surface area contributed by atoms with E-state index in [-0.39, 0.29) is 11.5 Å². The van der Waals surface area contributed by atoms with E-state index in [1.807, 2.05) is 48.3 Å². The van der Waals surface area contributed by atoms with Crippen molar-refractivity contribution in [3.05, 3.63) is 117 Å². The van der Waals surface area contributed by atoms with E-state index >= 15 is 0 Å². The molecule has 4 aromatic rings. The van der Waals surface area contributed by atoms with Crippen molar-refractivity contribution in [2.45, 2.75) is 5.60 Å². The maximum atomic E-state index is 12.9. The van der Waals surface area contributed by atoms with Crippen molar-refractivity contribution in [3.8, 4) is 11.1 Å². The van der Waals surface area contributed by atoms with Crippen molar-refractivity contribution in [1.29, 1.82) is 0 Å². The predicted molar refractivity (Wildman–Crippen MR) is 157 cm³/mol. The van der Waals surface area contributed by atoms with Gasteiger partial charge in [-0.3, -0.25) is 9.59 Å². The summed E-state index contributed by atoms with van der Waals surface area (Å²) < 4.78 is 6.59. The average Bonchev–Trinajstić information content (AvgIpc) is 3.40. The second-order valence-electron chi connectivity index (χ2n) is 9.82. The highest BCUT2D eigenvalue weighted by molar-refractivity contribution is 6.30. The molecule has 0 bridgehead atoms. The van der Waals surface area contributed by atoms with Gasteiger partial charge in [-0.1, -0.05) is 41.9 Å². The molecule has 0 saturated heterocycles. The first-order chi connectivity index (χ1) is 19.2. The van der Waals surface area contributed by atoms with Gasteiger partial charge in [0.25, 0.3) is 11.5 Å². The summed E-state index contributed by atoms with van der Waals surface area (Å²) in [6.45, 7) is 1.36. The lowest BCUT2D eigenvalue weighted by Gasteiger charge is -2.34. The zero-order valence-corrected chi connectivity index (χ0v) is 23.3. The third-order valence-corrected chi connectivity index (χ3v) is 7.54. The molecule has 0 aliphatic carbocycles. The number of carbonyl (C=O) groups is 1. The lowest BCUT2D eigenvalue weighted by atomic mass is 9.82. The molecule has 1 amide bonds. The van der Waals surface area contributed by atoms with Crippen LogP contribution in [0.3, 0.4) is 0 Å². The summed E-state index contributed by atoms with van der Waals surface area (Å²) in [6, 6.07) is 21.5. The number of nitrogens with one attached hydrogen (secondary N) is 2. The predicted octanol–water partition coefficient (Wildman–Crippen LogP) is 3.80. The summed E-state index contributed by atoms with van der Waals surface area (Å²) in [4.78, 5) is 27.4. The van der Waals surface area contributed by atoms with Gasteiger partial charge >= 0.3 is 0 Å². The summed E-state index contributed by atoms with van der Waals surface area (Å²) in [5.74, 6) is -0.219. The molecule has 9 heteroatoms. The van der Waals surface area contributed by atoms with Crippen LogP contribution >= 0.6 is 11.6 Å². The van der Waals surface area contributed by atoms with E-state index in [4.69, 9.17) is 16.3 Å². The van der Waals surface area contributed by atoms with E-state index in [0.717, 1.165) is 22.0 Å². The summed E-state index contributed by atoms with van der Waals surface area (Å²) in [5.41, 5.74) is 2.88. The Kier molecular flexibility index (Phi) is 7.67. The maximum absolute atomic E-state index is 12.9. The molecule has 1 atom stereocenters. The number of pyridine rings is 1. The van der Waals surface area contributed by atoms with Gasteiger partial charge in [0.15, 0.2) is 5.60 Å². The van der Waals surface area contributed by atoms with E-state index in [2.05, 4.69) is 10.6 Å². The number of aromatic nitrogens is 1. The van der Waals surface area contributed by atoms with Crippen molar-refractivity contribution in [2.75, 3.05) is 34.0 Å². The lowest BCUT2D eigenvalue weighted by molar-refractivity contribution is 0.0919. The van der Waals surface area contributed by atoms with Gasteiger partial charge in [-0.15, -0.1) is 0 Å². The van der Waals surface area contributed by atoms with Gasteiger partial charge in [0, 0.05) is 56.0 Å². The highest BCUT2D eigenvalue weighted by atomic mass is 35.5. The van der Waals surface area contributed by atoms with Crippen molar-refractivity contribution in [2.24, 2.45) is 7.05 Å². The van der Waals surface area contributed by atoms with Crippen LogP contribution in [0.1, 0.15) is 21.5 Å². The number of halogens is 1. The van der Waals surface area contributed by atoms with Gasteiger partial charge in [-0.2, -0.15) is 0 Å². The molecule has 40 heavy (non-hydrogen) atoms. The van der Waals surface area contributed by atoms with Crippen molar-refractivity contribution >= 4 is 28.4 Å². The Balaban J connectivity index is 1.67. The van der Waals surface area contributed by atoms with Crippen LogP contribution in [-0.4, -0.2) is 54.5 Å². The van der Waals surface area contributed by atoms with Crippen LogP contribution in [0, 0.1) is 0 Å². The highest BCUT2D eigenvalue weighted by Gasteiger charge is 2.40. The third kappa shape index (κ3) is 4.97. The lowest BCUT2D eigenvalue weighted by Crippen LogP contribution is -2.36. The minimum atomic E-state index is -1.56. The Morgan fingerprint density at radius 2 is 1.82 bits per heavy atom. The number of aliphatic hydroxyl groups is 1. The fourth-order valence-electron chi connectivity index (χ4n) is 5.13. The average molecular weight is 559 g/mol. The summed E-state index contributed by atoms with van der Waals surface area (Å²) >= 11 is 6.30. The smallest absolute Gasteiger partial charge is 0.251 e. The molecule has 0 saturated carbocycles. The van der Waals surface area contributed by atoms with Crippen LogP contribution in [0.15, 0.2) is 89.5 Å². The van der Waals surface area contributed by atoms with Crippen LogP contribution in [0.2, 0.25) is 5.02 Å². The van der Waals surface area contributed by atoms with Gasteiger partial charge < -0.3 is 29.9 Å². The van der Waals surface area contributed by atoms with Crippen molar-refractivity contribution < 1.29 is 14.6 Å². The largest absolute Gasteiger partial charge is 0.383 e. The number of benzene rings is 3. The van der Waals surface area contributed by atoms with E-state index < -0.39 is 5.60 Å². The highest BCUT2D eigenvalue weighted by Crippen LogP contribution is 2.41. The van der Waals surface area contributed by atoms with E-state index in [1.165, 1.54) is 0 Å². The number of nitrogens with zero attached hydrogens (tertiary/aromatic N) is 2. The molecule has 1 aliphatic heterocycles. The number of likely N-dealkylation sites (N-methyl/N-ethyl adjacent to an activating group) is 1. The molecular weight excluding hydrogens is 528 g/mol. The Morgan fingerprint density at radius 3 is 2.50 bits per heavy atom. The van der Waals surface area contributed by atoms with Crippen molar-refractivity contribution in [1.82, 2.24) is 20.1 Å². The van der Waals surface area contributed by atoms with E-state index in [1.54, 1.807) is 61.3 Å². The second-order valence-corrected chi connectivity index (χ2v) is 10.3. The molecule has 1 aliphatic rings. The molecule has 3 N–H and O–H groups in total. The summed E-state index contributed by atoms with van der Waals surface area (Å²) in [7, 11) is 5.21. The Hall–Kier alpha value is -4.11. The molecule has 1 unspecified atom stereocenters. The quantitative estimate of drug-likeness (QED) is 0.285. The van der Waals surface area contributed by atoms with E-state index in [0.29, 0.717) is 47.2 Å². The summed E-state index contributed by atoms with van der Waals surface area (Å²) in [6.07, 6.45) is 1.80. The number of rotatable bonds is 8. The fraction of sp³-hybridized carbons (Fsp3) is 0.226. The first kappa shape index (κ1) is 27.5. The molecule has 2 heterocycles. The van der Waals surface area contributed by atoms with Gasteiger partial charge in [0.2, 0.25) is 0 Å². The second kappa shape index (κ2) is 11.2. The Morgan fingerprint density at radius 1 is 1.07 bits per heavy atom. The minimum Gasteiger partial charge on any atom is -0.383 e. The number of fused-ring (bicyclic) bond motifs is 1. The molecule has 0 spiro atoms. The number of aryl methyl sites for hydroxylation is 1. The van der Waals surface area contributed by atoms with Crippen LogP contribution < -0.4 is 16.2 Å². The monoisotopic (exact) mass is 558 g/mol. The molecule has 0 fully saturated rings. The van der Waals surface area contributed by atoms with E-state index in [9.17, 15) is 14.7 Å². The van der Waals surface area contributed by atoms with Crippen molar-refractivity contribution in [3.63, 3.8) is 0 Å². The van der Waals surface area contributed by atoms with Gasteiger partial charge in [-0.05, 0) is 58.7 Å². The first-order valence-electron chi connectivity index (χ1n) is 12.9. The standard InChI is InChI=1S/C31H31ClN4O4/c1-35-19-33-18-28(35)31(39,22-9-7-20(8-10-22)30(38)34-13-14-40-3)23-11-12-27-26(16-23)25(17-29(37)36(27)2)21-5-4-6-24(32)15-21/h4-12,15-18,33,39H,13-14,19H2,1-3H3,(H,34,38). The van der Waals surface area contributed by atoms with Gasteiger partial charge in [-0.25, -0.2) is 0 Å². The first-order valence-corrected chi connectivity index (χ1v) is 13.3. The number of methoxy groups -OCH3 is 1. The zero-order valence-electron chi connectivity index (χ0n) is 22.6. The van der Waals surface area contributed by atoms with Crippen LogP contribution in [0.25, 0.3) is 22.0 Å². The molecule has 0 radical (unpaired) electrons. The van der Waals surface area contributed by atoms with Crippen LogP contribution in [-0.2, 0) is 17.4 Å². The normalized spacial score (nSPS) is 14.5. The molecular formula is C31H31ClN4O4.